The van der Waals surface area contributed by atoms with Crippen molar-refractivity contribution >= 4 is 19.0 Å². The molecule has 4 unspecified atom stereocenters. The van der Waals surface area contributed by atoms with E-state index in [1.165, 1.54) is 6.92 Å². The number of fused-ring (bicyclic) bond motifs is 1. The third kappa shape index (κ3) is 3.07. The van der Waals surface area contributed by atoms with E-state index in [9.17, 15) is 14.7 Å². The number of amides is 1. The fraction of sp³-hybridized carbons (Fsp3) is 0.846. The summed E-state index contributed by atoms with van der Waals surface area (Å²) in [4.78, 5) is 24.8. The molecule has 4 atom stereocenters. The first kappa shape index (κ1) is 16.3. The van der Waals surface area contributed by atoms with Crippen molar-refractivity contribution in [1.29, 1.82) is 0 Å². The minimum absolute atomic E-state index is 0.00637. The summed E-state index contributed by atoms with van der Waals surface area (Å²) in [6.07, 6.45) is 1.63. The fourth-order valence-electron chi connectivity index (χ4n) is 4.03. The number of carbonyl (C=O) groups excluding carboxylic acids is 1. The highest BCUT2D eigenvalue weighted by Crippen LogP contribution is 2.49. The van der Waals surface area contributed by atoms with Crippen molar-refractivity contribution in [1.82, 2.24) is 4.90 Å². The molecule has 2 aliphatic rings. The monoisotopic (exact) mass is 298 g/mol. The second-order valence-electron chi connectivity index (χ2n) is 6.42. The van der Waals surface area contributed by atoms with E-state index in [1.54, 1.807) is 4.90 Å². The van der Waals surface area contributed by atoms with Crippen LogP contribution in [0.4, 0.5) is 0 Å². The molecule has 0 radical (unpaired) electrons. The zero-order valence-electron chi connectivity index (χ0n) is 12.2. The van der Waals surface area contributed by atoms with Gasteiger partial charge in [-0.1, -0.05) is 6.42 Å². The largest absolute Gasteiger partial charge is 0.480 e. The van der Waals surface area contributed by atoms with Gasteiger partial charge in [-0.15, -0.1) is 0 Å². The molecule has 1 aliphatic carbocycles. The van der Waals surface area contributed by atoms with Crippen LogP contribution in [0.3, 0.4) is 0 Å². The first-order valence-corrected chi connectivity index (χ1v) is 7.39. The molecule has 1 heterocycles. The topological polar surface area (TPSA) is 124 Å². The molecule has 1 aliphatic heterocycles. The molecule has 118 valence electrons. The highest BCUT2D eigenvalue weighted by molar-refractivity contribution is 6.40. The lowest BCUT2D eigenvalue weighted by molar-refractivity contribution is -0.145. The van der Waals surface area contributed by atoms with E-state index in [2.05, 4.69) is 0 Å². The summed E-state index contributed by atoms with van der Waals surface area (Å²) in [7, 11) is -1.38. The second kappa shape index (κ2) is 5.94. The van der Waals surface area contributed by atoms with E-state index in [4.69, 9.17) is 15.8 Å². The van der Waals surface area contributed by atoms with Gasteiger partial charge in [0.05, 0.1) is 0 Å². The molecule has 0 bridgehead atoms. The van der Waals surface area contributed by atoms with Crippen LogP contribution in [0, 0.1) is 17.8 Å². The molecular weight excluding hydrogens is 275 g/mol. The maximum atomic E-state index is 11.6. The number of nitrogens with two attached hydrogens (primary N) is 1. The number of hydrogen-bond donors (Lipinski definition) is 4. The van der Waals surface area contributed by atoms with Crippen LogP contribution in [0.15, 0.2) is 0 Å². The van der Waals surface area contributed by atoms with Gasteiger partial charge < -0.3 is 25.8 Å². The Kier molecular flexibility index (Phi) is 4.60. The van der Waals surface area contributed by atoms with Gasteiger partial charge >= 0.3 is 13.1 Å². The average Bonchev–Trinajstić information content (AvgIpc) is 2.87. The SMILES string of the molecule is CC(=O)N1CC2CC(N)(C(=O)O)C(CCCB(O)O)C2C1. The minimum Gasteiger partial charge on any atom is -0.480 e. The molecule has 2 rings (SSSR count). The molecule has 8 heteroatoms. The maximum absolute atomic E-state index is 11.6. The molecule has 0 aromatic rings. The molecule has 0 aromatic heterocycles. The number of rotatable bonds is 5. The van der Waals surface area contributed by atoms with Crippen LogP contribution < -0.4 is 5.73 Å². The minimum atomic E-state index is -1.38. The zero-order valence-corrected chi connectivity index (χ0v) is 12.2. The molecule has 1 saturated heterocycles. The van der Waals surface area contributed by atoms with Crippen LogP contribution in [0.2, 0.25) is 6.32 Å². The Bertz CT molecular complexity index is 433. The Balaban J connectivity index is 2.10. The number of nitrogens with zero attached hydrogens (tertiary/aromatic N) is 1. The molecule has 2 fully saturated rings. The van der Waals surface area contributed by atoms with Gasteiger partial charge in [-0.3, -0.25) is 9.59 Å². The Morgan fingerprint density at radius 1 is 1.38 bits per heavy atom. The second-order valence-corrected chi connectivity index (χ2v) is 6.42. The van der Waals surface area contributed by atoms with Crippen molar-refractivity contribution in [2.45, 2.75) is 38.0 Å². The van der Waals surface area contributed by atoms with Crippen LogP contribution in [-0.4, -0.2) is 57.7 Å². The van der Waals surface area contributed by atoms with Crippen molar-refractivity contribution in [2.75, 3.05) is 13.1 Å². The van der Waals surface area contributed by atoms with Gasteiger partial charge in [0.25, 0.3) is 0 Å². The summed E-state index contributed by atoms with van der Waals surface area (Å²) < 4.78 is 0. The van der Waals surface area contributed by atoms with Crippen molar-refractivity contribution in [3.8, 4) is 0 Å². The summed E-state index contributed by atoms with van der Waals surface area (Å²) in [5.41, 5.74) is 4.88. The van der Waals surface area contributed by atoms with Crippen LogP contribution in [0.25, 0.3) is 0 Å². The van der Waals surface area contributed by atoms with Gasteiger partial charge in [0.2, 0.25) is 5.91 Å². The summed E-state index contributed by atoms with van der Waals surface area (Å²) in [5, 5.41) is 27.3. The van der Waals surface area contributed by atoms with E-state index in [0.717, 1.165) is 0 Å². The molecule has 0 spiro atoms. The number of likely N-dealkylation sites (tertiary alicyclic amines) is 1. The number of carboxylic acids is 1. The lowest BCUT2D eigenvalue weighted by Gasteiger charge is -2.31. The first-order valence-electron chi connectivity index (χ1n) is 7.39. The number of carbonyl (C=O) groups is 2. The molecular formula is C13H23BN2O5. The summed E-state index contributed by atoms with van der Waals surface area (Å²) in [5.74, 6) is -1.01. The molecule has 1 saturated carbocycles. The zero-order chi connectivity index (χ0) is 15.8. The third-order valence-electron chi connectivity index (χ3n) is 5.09. The maximum Gasteiger partial charge on any atom is 0.451 e. The summed E-state index contributed by atoms with van der Waals surface area (Å²) in [6.45, 7) is 2.65. The predicted octanol–water partition coefficient (Wildman–Crippen LogP) is -0.864. The molecule has 7 nitrogen and oxygen atoms in total. The molecule has 1 amide bonds. The number of hydrogen-bond acceptors (Lipinski definition) is 5. The van der Waals surface area contributed by atoms with Gasteiger partial charge in [-0.2, -0.15) is 0 Å². The lowest BCUT2D eigenvalue weighted by atomic mass is 9.76. The summed E-state index contributed by atoms with van der Waals surface area (Å²) >= 11 is 0. The number of carboxylic acid groups (broad SMARTS) is 1. The average molecular weight is 298 g/mol. The molecule has 0 aromatic carbocycles. The quantitative estimate of drug-likeness (QED) is 0.489. The van der Waals surface area contributed by atoms with Gasteiger partial charge in [0, 0.05) is 20.0 Å². The van der Waals surface area contributed by atoms with Crippen molar-refractivity contribution in [3.05, 3.63) is 0 Å². The number of aliphatic carboxylic acids is 1. The Hall–Kier alpha value is -1.12. The predicted molar refractivity (Wildman–Crippen MR) is 76.1 cm³/mol. The van der Waals surface area contributed by atoms with E-state index in [0.29, 0.717) is 32.4 Å². The van der Waals surface area contributed by atoms with E-state index < -0.39 is 18.6 Å². The highest BCUT2D eigenvalue weighted by atomic mass is 16.4. The van der Waals surface area contributed by atoms with Crippen molar-refractivity contribution in [2.24, 2.45) is 23.5 Å². The van der Waals surface area contributed by atoms with Crippen LogP contribution in [0.5, 0.6) is 0 Å². The lowest BCUT2D eigenvalue weighted by Crippen LogP contribution is -2.53. The molecule has 21 heavy (non-hydrogen) atoms. The van der Waals surface area contributed by atoms with E-state index in [-0.39, 0.29) is 30.0 Å². The Labute approximate surface area is 124 Å². The highest BCUT2D eigenvalue weighted by Gasteiger charge is 2.58. The van der Waals surface area contributed by atoms with Crippen molar-refractivity contribution in [3.63, 3.8) is 0 Å². The van der Waals surface area contributed by atoms with Gasteiger partial charge in [-0.25, -0.2) is 0 Å². The Morgan fingerprint density at radius 3 is 2.57 bits per heavy atom. The molecule has 5 N–H and O–H groups in total. The van der Waals surface area contributed by atoms with E-state index in [1.807, 2.05) is 0 Å². The Morgan fingerprint density at radius 2 is 2.05 bits per heavy atom. The van der Waals surface area contributed by atoms with E-state index >= 15 is 0 Å². The van der Waals surface area contributed by atoms with Crippen LogP contribution >= 0.6 is 0 Å². The standard InChI is InChI=1S/C13H23BN2O5/c1-8(17)16-6-9-5-13(15,12(18)19)11(10(9)7-16)3-2-4-14(20)21/h9-11,20-21H,2-7,15H2,1H3,(H,18,19). The normalized spacial score (nSPS) is 34.9. The van der Waals surface area contributed by atoms with Gasteiger partial charge in [0.15, 0.2) is 0 Å². The fourth-order valence-corrected chi connectivity index (χ4v) is 4.03. The third-order valence-corrected chi connectivity index (χ3v) is 5.09. The van der Waals surface area contributed by atoms with Gasteiger partial charge in [0.1, 0.15) is 5.54 Å². The van der Waals surface area contributed by atoms with Crippen LogP contribution in [0.1, 0.15) is 26.2 Å². The smallest absolute Gasteiger partial charge is 0.451 e. The summed E-state index contributed by atoms with van der Waals surface area (Å²) in [6, 6.07) is 0. The van der Waals surface area contributed by atoms with Crippen LogP contribution in [-0.2, 0) is 9.59 Å². The first-order chi connectivity index (χ1) is 9.75. The van der Waals surface area contributed by atoms with Gasteiger partial charge in [-0.05, 0) is 36.9 Å². The van der Waals surface area contributed by atoms with Crippen molar-refractivity contribution < 1.29 is 24.7 Å².